The molecule has 3 rings (SSSR count). The molecule has 0 saturated heterocycles. The Labute approximate surface area is 161 Å². The third-order valence-corrected chi connectivity index (χ3v) is 5.38. The first kappa shape index (κ1) is 18.6. The second-order valence-electron chi connectivity index (χ2n) is 5.92. The molecule has 3 aromatic rings. The smallest absolute Gasteiger partial charge is 0.196 e. The SMILES string of the molecule is CC(=O)CCCSc1nnc(-c2ccncc2)n1-c1cccc(Cl)c1C. The van der Waals surface area contributed by atoms with Crippen LogP contribution in [0.5, 0.6) is 0 Å². The molecule has 0 fully saturated rings. The highest BCUT2D eigenvalue weighted by atomic mass is 35.5. The maximum Gasteiger partial charge on any atom is 0.196 e. The first-order valence-corrected chi connectivity index (χ1v) is 9.68. The van der Waals surface area contributed by atoms with Crippen molar-refractivity contribution in [2.24, 2.45) is 0 Å². The second-order valence-corrected chi connectivity index (χ2v) is 7.38. The van der Waals surface area contributed by atoms with E-state index < -0.39 is 0 Å². The lowest BCUT2D eigenvalue weighted by atomic mass is 10.2. The van der Waals surface area contributed by atoms with E-state index >= 15 is 0 Å². The van der Waals surface area contributed by atoms with Gasteiger partial charge < -0.3 is 4.79 Å². The number of aromatic nitrogens is 4. The Morgan fingerprint density at radius 1 is 1.19 bits per heavy atom. The molecule has 0 aliphatic carbocycles. The fraction of sp³-hybridized carbons (Fsp3) is 0.263. The zero-order valence-corrected chi connectivity index (χ0v) is 16.2. The van der Waals surface area contributed by atoms with E-state index in [0.29, 0.717) is 11.4 Å². The van der Waals surface area contributed by atoms with Gasteiger partial charge in [0.05, 0.1) is 5.69 Å². The van der Waals surface area contributed by atoms with Gasteiger partial charge in [-0.2, -0.15) is 0 Å². The molecule has 7 heteroatoms. The summed E-state index contributed by atoms with van der Waals surface area (Å²) in [5.74, 6) is 1.75. The van der Waals surface area contributed by atoms with Crippen LogP contribution in [0.3, 0.4) is 0 Å². The van der Waals surface area contributed by atoms with Gasteiger partial charge in [0.2, 0.25) is 0 Å². The van der Waals surface area contributed by atoms with E-state index in [-0.39, 0.29) is 5.78 Å². The summed E-state index contributed by atoms with van der Waals surface area (Å²) in [6.07, 6.45) is 4.86. The van der Waals surface area contributed by atoms with Crippen LogP contribution in [-0.2, 0) is 4.79 Å². The summed E-state index contributed by atoms with van der Waals surface area (Å²) >= 11 is 7.93. The summed E-state index contributed by atoms with van der Waals surface area (Å²) in [4.78, 5) is 15.2. The molecule has 0 bridgehead atoms. The predicted molar refractivity (Wildman–Crippen MR) is 105 cm³/mol. The van der Waals surface area contributed by atoms with E-state index in [1.165, 1.54) is 0 Å². The first-order valence-electron chi connectivity index (χ1n) is 8.31. The van der Waals surface area contributed by atoms with Crippen molar-refractivity contribution in [2.45, 2.75) is 31.8 Å². The topological polar surface area (TPSA) is 60.7 Å². The third kappa shape index (κ3) is 4.14. The van der Waals surface area contributed by atoms with Gasteiger partial charge in [-0.15, -0.1) is 10.2 Å². The van der Waals surface area contributed by atoms with Crippen molar-refractivity contribution in [3.63, 3.8) is 0 Å². The van der Waals surface area contributed by atoms with Gasteiger partial charge in [-0.1, -0.05) is 29.4 Å². The van der Waals surface area contributed by atoms with Crippen molar-refractivity contribution >= 4 is 29.1 Å². The van der Waals surface area contributed by atoms with Gasteiger partial charge in [-0.3, -0.25) is 9.55 Å². The molecule has 26 heavy (non-hydrogen) atoms. The Kier molecular flexibility index (Phi) is 6.06. The monoisotopic (exact) mass is 386 g/mol. The molecule has 2 heterocycles. The summed E-state index contributed by atoms with van der Waals surface area (Å²) in [5, 5.41) is 10.3. The highest BCUT2D eigenvalue weighted by molar-refractivity contribution is 7.99. The van der Waals surface area contributed by atoms with Crippen molar-refractivity contribution in [1.82, 2.24) is 19.7 Å². The van der Waals surface area contributed by atoms with Crippen LogP contribution in [0.4, 0.5) is 0 Å². The maximum absolute atomic E-state index is 11.2. The van der Waals surface area contributed by atoms with Crippen LogP contribution in [0.2, 0.25) is 5.02 Å². The molecule has 0 spiro atoms. The molecule has 5 nitrogen and oxygen atoms in total. The summed E-state index contributed by atoms with van der Waals surface area (Å²) in [5.41, 5.74) is 2.85. The lowest BCUT2D eigenvalue weighted by Crippen LogP contribution is -2.03. The van der Waals surface area contributed by atoms with Crippen LogP contribution in [0.25, 0.3) is 17.1 Å². The van der Waals surface area contributed by atoms with Crippen molar-refractivity contribution in [1.29, 1.82) is 0 Å². The predicted octanol–water partition coefficient (Wildman–Crippen LogP) is 4.75. The van der Waals surface area contributed by atoms with Crippen molar-refractivity contribution in [2.75, 3.05) is 5.75 Å². The third-order valence-electron chi connectivity index (χ3n) is 3.96. The summed E-state index contributed by atoms with van der Waals surface area (Å²) < 4.78 is 2.02. The standard InChI is InChI=1S/C19H19ClN4OS/c1-13(25)5-4-12-26-19-23-22-18(15-8-10-21-11-9-15)24(19)17-7-3-6-16(20)14(17)2/h3,6-11H,4-5,12H2,1-2H3. The maximum atomic E-state index is 11.2. The van der Waals surface area contributed by atoms with Gasteiger partial charge in [-0.25, -0.2) is 0 Å². The molecular formula is C19H19ClN4OS. The fourth-order valence-electron chi connectivity index (χ4n) is 2.59. The van der Waals surface area contributed by atoms with Gasteiger partial charge in [-0.05, 0) is 50.1 Å². The van der Waals surface area contributed by atoms with Crippen molar-refractivity contribution in [3.05, 3.63) is 53.3 Å². The van der Waals surface area contributed by atoms with E-state index in [2.05, 4.69) is 15.2 Å². The van der Waals surface area contributed by atoms with E-state index in [9.17, 15) is 4.79 Å². The Balaban J connectivity index is 2.01. The van der Waals surface area contributed by atoms with Gasteiger partial charge in [0.15, 0.2) is 11.0 Å². The molecular weight excluding hydrogens is 368 g/mol. The van der Waals surface area contributed by atoms with Gasteiger partial charge in [0, 0.05) is 35.2 Å². The normalized spacial score (nSPS) is 10.9. The Morgan fingerprint density at radius 3 is 2.69 bits per heavy atom. The molecule has 0 radical (unpaired) electrons. The highest BCUT2D eigenvalue weighted by Gasteiger charge is 2.18. The Bertz CT molecular complexity index is 911. The average molecular weight is 387 g/mol. The molecule has 2 aromatic heterocycles. The molecule has 0 amide bonds. The Morgan fingerprint density at radius 2 is 1.96 bits per heavy atom. The van der Waals surface area contributed by atoms with Crippen LogP contribution in [0.15, 0.2) is 47.9 Å². The zero-order chi connectivity index (χ0) is 18.5. The minimum absolute atomic E-state index is 0.204. The fourth-order valence-corrected chi connectivity index (χ4v) is 3.64. The van der Waals surface area contributed by atoms with E-state index in [0.717, 1.165) is 40.0 Å². The first-order chi connectivity index (χ1) is 12.6. The Hall–Kier alpha value is -2.18. The van der Waals surface area contributed by atoms with Gasteiger partial charge >= 0.3 is 0 Å². The molecule has 134 valence electrons. The lowest BCUT2D eigenvalue weighted by molar-refractivity contribution is -0.117. The quantitative estimate of drug-likeness (QED) is 0.433. The average Bonchev–Trinajstić information content (AvgIpc) is 3.05. The number of ketones is 1. The number of benzene rings is 1. The molecule has 0 atom stereocenters. The number of thioether (sulfide) groups is 1. The second kappa shape index (κ2) is 8.47. The number of hydrogen-bond acceptors (Lipinski definition) is 5. The number of carbonyl (C=O) groups is 1. The van der Waals surface area contributed by atoms with Crippen LogP contribution in [0.1, 0.15) is 25.3 Å². The zero-order valence-electron chi connectivity index (χ0n) is 14.6. The number of halogens is 1. The van der Waals surface area contributed by atoms with Crippen LogP contribution < -0.4 is 0 Å². The van der Waals surface area contributed by atoms with Gasteiger partial charge in [0.1, 0.15) is 5.78 Å². The number of pyridine rings is 1. The van der Waals surface area contributed by atoms with E-state index in [1.54, 1.807) is 31.1 Å². The van der Waals surface area contributed by atoms with Crippen molar-refractivity contribution in [3.8, 4) is 17.1 Å². The molecule has 0 N–H and O–H groups in total. The lowest BCUT2D eigenvalue weighted by Gasteiger charge is -2.13. The molecule has 0 saturated carbocycles. The van der Waals surface area contributed by atoms with E-state index in [4.69, 9.17) is 11.6 Å². The van der Waals surface area contributed by atoms with Crippen LogP contribution in [0, 0.1) is 6.92 Å². The van der Waals surface area contributed by atoms with Crippen molar-refractivity contribution < 1.29 is 4.79 Å². The van der Waals surface area contributed by atoms with E-state index in [1.807, 2.05) is 41.8 Å². The van der Waals surface area contributed by atoms with Gasteiger partial charge in [0.25, 0.3) is 0 Å². The largest absolute Gasteiger partial charge is 0.300 e. The molecule has 0 aliphatic heterocycles. The number of Topliss-reactive ketones (excluding diaryl/α,β-unsaturated/α-hetero) is 1. The molecule has 0 aliphatic rings. The number of carbonyl (C=O) groups excluding carboxylic acids is 1. The summed E-state index contributed by atoms with van der Waals surface area (Å²) in [6.45, 7) is 3.60. The number of rotatable bonds is 7. The minimum Gasteiger partial charge on any atom is -0.300 e. The summed E-state index contributed by atoms with van der Waals surface area (Å²) in [6, 6.07) is 9.62. The summed E-state index contributed by atoms with van der Waals surface area (Å²) in [7, 11) is 0. The van der Waals surface area contributed by atoms with Crippen LogP contribution >= 0.6 is 23.4 Å². The number of hydrogen-bond donors (Lipinski definition) is 0. The molecule has 0 unspecified atom stereocenters. The highest BCUT2D eigenvalue weighted by Crippen LogP contribution is 2.31. The number of nitrogens with zero attached hydrogens (tertiary/aromatic N) is 4. The minimum atomic E-state index is 0.204. The molecule has 1 aromatic carbocycles. The van der Waals surface area contributed by atoms with Crippen LogP contribution in [-0.4, -0.2) is 31.3 Å².